The molecule has 4 nitrogen and oxygen atoms in total. The number of anilines is 1. The summed E-state index contributed by atoms with van der Waals surface area (Å²) in [7, 11) is 0. The molecule has 0 spiro atoms. The summed E-state index contributed by atoms with van der Waals surface area (Å²) in [6, 6.07) is 4.06. The van der Waals surface area contributed by atoms with Gasteiger partial charge in [-0.2, -0.15) is 8.75 Å². The van der Waals surface area contributed by atoms with Crippen LogP contribution in [0.15, 0.2) is 12.1 Å². The van der Waals surface area contributed by atoms with Gasteiger partial charge in [-0.05, 0) is 12.1 Å². The summed E-state index contributed by atoms with van der Waals surface area (Å²) >= 11 is 7.32. The predicted molar refractivity (Wildman–Crippen MR) is 60.7 cm³/mol. The number of hydrogen-bond acceptors (Lipinski definition) is 5. The quantitative estimate of drug-likeness (QED) is 0.875. The third-order valence-corrected chi connectivity index (χ3v) is 3.22. The second kappa shape index (κ2) is 3.59. The normalized spacial score (nSPS) is 16.6. The van der Waals surface area contributed by atoms with Gasteiger partial charge in [-0.15, -0.1) is 0 Å². The van der Waals surface area contributed by atoms with Crippen molar-refractivity contribution in [1.29, 1.82) is 0 Å². The molecule has 6 heteroatoms. The van der Waals surface area contributed by atoms with Crippen molar-refractivity contribution in [3.8, 4) is 0 Å². The average molecular weight is 242 g/mol. The molecular formula is C9H8ClN3OS. The molecule has 0 saturated carbocycles. The van der Waals surface area contributed by atoms with Crippen LogP contribution < -0.4 is 5.32 Å². The molecule has 1 N–H and O–H groups in total. The maximum atomic E-state index is 6.12. The summed E-state index contributed by atoms with van der Waals surface area (Å²) in [6.07, 6.45) is 0. The van der Waals surface area contributed by atoms with Crippen molar-refractivity contribution >= 4 is 40.0 Å². The molecule has 0 amide bonds. The summed E-state index contributed by atoms with van der Waals surface area (Å²) in [6.45, 7) is 1.45. The zero-order valence-electron chi connectivity index (χ0n) is 7.74. The molecule has 0 radical (unpaired) electrons. The lowest BCUT2D eigenvalue weighted by molar-refractivity contribution is 0.0211. The average Bonchev–Trinajstić information content (AvgIpc) is 2.61. The third kappa shape index (κ3) is 1.56. The van der Waals surface area contributed by atoms with E-state index in [2.05, 4.69) is 14.1 Å². The van der Waals surface area contributed by atoms with Gasteiger partial charge in [0.1, 0.15) is 11.0 Å². The van der Waals surface area contributed by atoms with Gasteiger partial charge in [-0.1, -0.05) is 11.6 Å². The lowest BCUT2D eigenvalue weighted by Gasteiger charge is -2.28. The highest BCUT2D eigenvalue weighted by atomic mass is 35.5. The highest BCUT2D eigenvalue weighted by Gasteiger charge is 2.20. The van der Waals surface area contributed by atoms with Crippen molar-refractivity contribution in [3.05, 3.63) is 17.2 Å². The molecule has 3 rings (SSSR count). The molecule has 1 fully saturated rings. The summed E-state index contributed by atoms with van der Waals surface area (Å²) in [5.41, 5.74) is 2.60. The molecule has 0 bridgehead atoms. The minimum Gasteiger partial charge on any atom is -0.377 e. The van der Waals surface area contributed by atoms with E-state index in [4.69, 9.17) is 16.3 Å². The first-order chi connectivity index (χ1) is 7.34. The van der Waals surface area contributed by atoms with Crippen LogP contribution in [0.4, 0.5) is 5.69 Å². The van der Waals surface area contributed by atoms with Crippen LogP contribution in [0.3, 0.4) is 0 Å². The Morgan fingerprint density at radius 2 is 2.27 bits per heavy atom. The fraction of sp³-hybridized carbons (Fsp3) is 0.333. The van der Waals surface area contributed by atoms with Gasteiger partial charge >= 0.3 is 0 Å². The topological polar surface area (TPSA) is 47.0 Å². The Kier molecular flexibility index (Phi) is 2.23. The molecule has 1 aromatic heterocycles. The molecular weight excluding hydrogens is 234 g/mol. The van der Waals surface area contributed by atoms with E-state index in [9.17, 15) is 0 Å². The lowest BCUT2D eigenvalue weighted by Crippen LogP contribution is -2.40. The number of aromatic nitrogens is 2. The van der Waals surface area contributed by atoms with Gasteiger partial charge in [0.05, 0.1) is 41.7 Å². The standard InChI is InChI=1S/C9H8ClN3OS/c10-6-1-2-7-9(13-15-12-7)8(6)11-5-3-14-4-5/h1-2,5,11H,3-4H2. The smallest absolute Gasteiger partial charge is 0.129 e. The highest BCUT2D eigenvalue weighted by Crippen LogP contribution is 2.31. The lowest BCUT2D eigenvalue weighted by atomic mass is 10.2. The molecule has 0 atom stereocenters. The molecule has 78 valence electrons. The van der Waals surface area contributed by atoms with Crippen molar-refractivity contribution in [2.45, 2.75) is 6.04 Å². The Morgan fingerprint density at radius 1 is 1.40 bits per heavy atom. The van der Waals surface area contributed by atoms with Gasteiger partial charge in [0.15, 0.2) is 0 Å². The van der Waals surface area contributed by atoms with Crippen LogP contribution in [0, 0.1) is 0 Å². The Bertz CT molecular complexity index is 497. The molecule has 15 heavy (non-hydrogen) atoms. The first kappa shape index (κ1) is 9.33. The summed E-state index contributed by atoms with van der Waals surface area (Å²) in [4.78, 5) is 0. The summed E-state index contributed by atoms with van der Waals surface area (Å²) in [5.74, 6) is 0. The van der Waals surface area contributed by atoms with Gasteiger partial charge in [0.25, 0.3) is 0 Å². The molecule has 1 aliphatic rings. The van der Waals surface area contributed by atoms with E-state index in [0.29, 0.717) is 11.1 Å². The van der Waals surface area contributed by atoms with E-state index in [1.165, 1.54) is 11.7 Å². The van der Waals surface area contributed by atoms with Gasteiger partial charge in [0.2, 0.25) is 0 Å². The van der Waals surface area contributed by atoms with Crippen LogP contribution >= 0.6 is 23.3 Å². The van der Waals surface area contributed by atoms with Crippen LogP contribution in [-0.2, 0) is 4.74 Å². The second-order valence-corrected chi connectivity index (χ2v) is 4.37. The molecule has 1 aromatic carbocycles. The van der Waals surface area contributed by atoms with Gasteiger partial charge < -0.3 is 10.1 Å². The number of nitrogens with one attached hydrogen (secondary N) is 1. The number of benzene rings is 1. The van der Waals surface area contributed by atoms with Crippen LogP contribution in [-0.4, -0.2) is 28.0 Å². The predicted octanol–water partition coefficient (Wildman–Crippen LogP) is 2.16. The van der Waals surface area contributed by atoms with Crippen molar-refractivity contribution in [2.75, 3.05) is 18.5 Å². The Labute approximate surface area is 95.5 Å². The van der Waals surface area contributed by atoms with E-state index in [0.717, 1.165) is 29.9 Å². The Hall–Kier alpha value is -0.910. The van der Waals surface area contributed by atoms with E-state index in [1.807, 2.05) is 12.1 Å². The van der Waals surface area contributed by atoms with Crippen LogP contribution in [0.2, 0.25) is 5.02 Å². The number of hydrogen-bond donors (Lipinski definition) is 1. The Morgan fingerprint density at radius 3 is 3.00 bits per heavy atom. The van der Waals surface area contributed by atoms with Crippen molar-refractivity contribution in [1.82, 2.24) is 8.75 Å². The Balaban J connectivity index is 2.05. The zero-order valence-corrected chi connectivity index (χ0v) is 9.31. The van der Waals surface area contributed by atoms with E-state index in [-0.39, 0.29) is 0 Å². The first-order valence-corrected chi connectivity index (χ1v) is 5.70. The summed E-state index contributed by atoms with van der Waals surface area (Å²) in [5, 5.41) is 4.01. The van der Waals surface area contributed by atoms with Crippen LogP contribution in [0.1, 0.15) is 0 Å². The first-order valence-electron chi connectivity index (χ1n) is 4.59. The summed E-state index contributed by atoms with van der Waals surface area (Å²) < 4.78 is 13.5. The highest BCUT2D eigenvalue weighted by molar-refractivity contribution is 7.00. The molecule has 2 heterocycles. The minimum absolute atomic E-state index is 0.342. The SMILES string of the molecule is Clc1ccc2nsnc2c1NC1COC1. The number of nitrogens with zero attached hydrogens (tertiary/aromatic N) is 2. The molecule has 2 aromatic rings. The molecule has 0 aliphatic carbocycles. The van der Waals surface area contributed by atoms with E-state index >= 15 is 0 Å². The maximum absolute atomic E-state index is 6.12. The zero-order chi connectivity index (χ0) is 10.3. The number of fused-ring (bicyclic) bond motifs is 1. The molecule has 0 unspecified atom stereocenters. The number of rotatable bonds is 2. The molecule has 1 saturated heterocycles. The second-order valence-electron chi connectivity index (χ2n) is 3.43. The van der Waals surface area contributed by atoms with E-state index < -0.39 is 0 Å². The van der Waals surface area contributed by atoms with Crippen molar-refractivity contribution in [2.24, 2.45) is 0 Å². The van der Waals surface area contributed by atoms with Crippen LogP contribution in [0.5, 0.6) is 0 Å². The third-order valence-electron chi connectivity index (χ3n) is 2.36. The maximum Gasteiger partial charge on any atom is 0.129 e. The fourth-order valence-corrected chi connectivity index (χ4v) is 2.24. The number of halogens is 1. The van der Waals surface area contributed by atoms with Gasteiger partial charge in [0, 0.05) is 0 Å². The minimum atomic E-state index is 0.342. The van der Waals surface area contributed by atoms with Gasteiger partial charge in [-0.3, -0.25) is 0 Å². The van der Waals surface area contributed by atoms with Gasteiger partial charge in [-0.25, -0.2) is 0 Å². The largest absolute Gasteiger partial charge is 0.377 e. The fourth-order valence-electron chi connectivity index (χ4n) is 1.49. The molecule has 1 aliphatic heterocycles. The van der Waals surface area contributed by atoms with Crippen LogP contribution in [0.25, 0.3) is 11.0 Å². The number of ether oxygens (including phenoxy) is 1. The van der Waals surface area contributed by atoms with Crippen molar-refractivity contribution in [3.63, 3.8) is 0 Å². The monoisotopic (exact) mass is 241 g/mol. The van der Waals surface area contributed by atoms with E-state index in [1.54, 1.807) is 0 Å². The van der Waals surface area contributed by atoms with Crippen molar-refractivity contribution < 1.29 is 4.74 Å².